The molecule has 0 amide bonds. The Kier molecular flexibility index (Phi) is 6.01. The molecule has 0 radical (unpaired) electrons. The number of rotatable bonds is 4. The van der Waals surface area contributed by atoms with E-state index in [0.717, 1.165) is 88.1 Å². The molecule has 0 saturated heterocycles. The predicted molar refractivity (Wildman–Crippen MR) is 199 cm³/mol. The molecular weight excluding hydrogens is 607 g/mol. The summed E-state index contributed by atoms with van der Waals surface area (Å²) in [4.78, 5) is 15.2. The van der Waals surface area contributed by atoms with Crippen molar-refractivity contribution in [3.63, 3.8) is 0 Å². The van der Waals surface area contributed by atoms with E-state index >= 15 is 0 Å². The molecule has 4 heterocycles. The summed E-state index contributed by atoms with van der Waals surface area (Å²) >= 11 is 1.77. The number of pyridine rings is 1. The summed E-state index contributed by atoms with van der Waals surface area (Å²) in [5.41, 5.74) is 10.9. The van der Waals surface area contributed by atoms with E-state index in [4.69, 9.17) is 19.4 Å². The molecule has 0 N–H and O–H groups in total. The van der Waals surface area contributed by atoms with Gasteiger partial charge in [-0.3, -0.25) is 0 Å². The van der Waals surface area contributed by atoms with E-state index in [0.29, 0.717) is 0 Å². The quantitative estimate of drug-likeness (QED) is 0.194. The van der Waals surface area contributed by atoms with Crippen LogP contribution in [-0.2, 0) is 0 Å². The number of furan rings is 1. The van der Waals surface area contributed by atoms with Crippen LogP contribution in [-0.4, -0.2) is 15.0 Å². The molecule has 10 rings (SSSR count). The summed E-state index contributed by atoms with van der Waals surface area (Å²) in [6.45, 7) is 0. The van der Waals surface area contributed by atoms with E-state index in [-0.39, 0.29) is 0 Å². The zero-order valence-corrected chi connectivity index (χ0v) is 26.4. The largest absolute Gasteiger partial charge is 0.454 e. The molecule has 224 valence electrons. The van der Waals surface area contributed by atoms with Gasteiger partial charge in [-0.2, -0.15) is 0 Å². The lowest BCUT2D eigenvalue weighted by Gasteiger charge is -2.10. The Hall–Kier alpha value is -6.17. The van der Waals surface area contributed by atoms with Crippen molar-refractivity contribution >= 4 is 64.5 Å². The second-order valence-electron chi connectivity index (χ2n) is 12.0. The highest BCUT2D eigenvalue weighted by molar-refractivity contribution is 7.26. The molecule has 0 aliphatic heterocycles. The van der Waals surface area contributed by atoms with Crippen molar-refractivity contribution in [2.75, 3.05) is 0 Å². The number of fused-ring (bicyclic) bond motifs is 8. The molecule has 0 unspecified atom stereocenters. The first-order chi connectivity index (χ1) is 23.8. The highest BCUT2D eigenvalue weighted by atomic mass is 32.1. The Labute approximate surface area is 279 Å². The van der Waals surface area contributed by atoms with Gasteiger partial charge < -0.3 is 4.42 Å². The maximum Gasteiger partial charge on any atom is 0.163 e. The molecule has 4 nitrogen and oxygen atoms in total. The molecule has 4 aromatic heterocycles. The minimum absolute atomic E-state index is 0.718. The molecule has 0 saturated carbocycles. The van der Waals surface area contributed by atoms with Gasteiger partial charge in [-0.25, -0.2) is 15.0 Å². The number of aromatic nitrogens is 3. The van der Waals surface area contributed by atoms with Crippen LogP contribution in [0.1, 0.15) is 0 Å². The lowest BCUT2D eigenvalue weighted by molar-refractivity contribution is 0.672. The number of nitrogens with zero attached hydrogens (tertiary/aromatic N) is 3. The lowest BCUT2D eigenvalue weighted by atomic mass is 10.00. The molecule has 10 aromatic rings. The van der Waals surface area contributed by atoms with E-state index in [1.54, 1.807) is 11.3 Å². The highest BCUT2D eigenvalue weighted by Crippen LogP contribution is 2.45. The van der Waals surface area contributed by atoms with Crippen molar-refractivity contribution in [2.45, 2.75) is 0 Å². The van der Waals surface area contributed by atoms with Crippen LogP contribution in [0.2, 0.25) is 0 Å². The third-order valence-corrected chi connectivity index (χ3v) is 10.3. The first-order valence-electron chi connectivity index (χ1n) is 15.9. The van der Waals surface area contributed by atoms with Gasteiger partial charge >= 0.3 is 0 Å². The van der Waals surface area contributed by atoms with E-state index in [1.807, 2.05) is 48.5 Å². The van der Waals surface area contributed by atoms with Crippen molar-refractivity contribution in [3.8, 4) is 45.0 Å². The molecule has 0 aliphatic carbocycles. The predicted octanol–water partition coefficient (Wildman–Crippen LogP) is 12.0. The minimum Gasteiger partial charge on any atom is -0.454 e. The van der Waals surface area contributed by atoms with Gasteiger partial charge in [-0.05, 0) is 35.4 Å². The summed E-state index contributed by atoms with van der Waals surface area (Å²) in [7, 11) is 0. The number of hydrogen-bond acceptors (Lipinski definition) is 5. The Balaban J connectivity index is 1.04. The summed E-state index contributed by atoms with van der Waals surface area (Å²) in [5.74, 6) is 0.718. The molecular formula is C43H25N3OS. The average Bonchev–Trinajstić information content (AvgIpc) is 3.73. The number of benzene rings is 6. The normalized spacial score (nSPS) is 11.8. The SMILES string of the molecule is c1ccc(-c2nc(-c3ccc(-c4ccc(-c5nc6c7ccccc7oc6c6c5sc5ccccc56)cc4)cc3)nc3ccccc23)cc1. The number of thiophene rings is 1. The molecule has 0 fully saturated rings. The van der Waals surface area contributed by atoms with Crippen molar-refractivity contribution in [1.82, 2.24) is 15.0 Å². The van der Waals surface area contributed by atoms with Gasteiger partial charge in [0, 0.05) is 42.9 Å². The molecule has 5 heteroatoms. The Morgan fingerprint density at radius 1 is 0.438 bits per heavy atom. The summed E-state index contributed by atoms with van der Waals surface area (Å²) in [6, 6.07) is 52.5. The number of para-hydroxylation sites is 2. The first-order valence-corrected chi connectivity index (χ1v) is 16.8. The van der Waals surface area contributed by atoms with Gasteiger partial charge in [0.05, 0.1) is 21.6 Å². The molecule has 0 aliphatic rings. The Morgan fingerprint density at radius 2 is 1.04 bits per heavy atom. The maximum atomic E-state index is 6.43. The highest BCUT2D eigenvalue weighted by Gasteiger charge is 2.20. The fourth-order valence-corrected chi connectivity index (χ4v) is 7.97. The zero-order valence-electron chi connectivity index (χ0n) is 25.6. The maximum absolute atomic E-state index is 6.43. The third kappa shape index (κ3) is 4.25. The van der Waals surface area contributed by atoms with Gasteiger partial charge in [0.25, 0.3) is 0 Å². The fraction of sp³-hybridized carbons (Fsp3) is 0. The van der Waals surface area contributed by atoms with Crippen LogP contribution < -0.4 is 0 Å². The van der Waals surface area contributed by atoms with Gasteiger partial charge in [0.2, 0.25) is 0 Å². The van der Waals surface area contributed by atoms with Crippen LogP contribution >= 0.6 is 11.3 Å². The van der Waals surface area contributed by atoms with Crippen molar-refractivity contribution in [1.29, 1.82) is 0 Å². The number of hydrogen-bond donors (Lipinski definition) is 0. The average molecular weight is 632 g/mol. The van der Waals surface area contributed by atoms with Crippen LogP contribution in [0.25, 0.3) is 98.2 Å². The van der Waals surface area contributed by atoms with Crippen molar-refractivity contribution < 1.29 is 4.42 Å². The minimum atomic E-state index is 0.718. The van der Waals surface area contributed by atoms with Crippen LogP contribution in [0.3, 0.4) is 0 Å². The summed E-state index contributed by atoms with van der Waals surface area (Å²) in [6.07, 6.45) is 0. The second-order valence-corrected chi connectivity index (χ2v) is 13.0. The van der Waals surface area contributed by atoms with Gasteiger partial charge in [0.15, 0.2) is 11.4 Å². The Morgan fingerprint density at radius 3 is 1.83 bits per heavy atom. The van der Waals surface area contributed by atoms with Gasteiger partial charge in [-0.15, -0.1) is 11.3 Å². The van der Waals surface area contributed by atoms with E-state index in [1.165, 1.54) is 10.1 Å². The fourth-order valence-electron chi connectivity index (χ4n) is 6.76. The third-order valence-electron chi connectivity index (χ3n) is 9.12. The molecule has 0 atom stereocenters. The van der Waals surface area contributed by atoms with Gasteiger partial charge in [0.1, 0.15) is 11.1 Å². The summed E-state index contributed by atoms with van der Waals surface area (Å²) in [5, 5.41) is 4.42. The van der Waals surface area contributed by atoms with Crippen LogP contribution in [0.15, 0.2) is 156 Å². The molecule has 48 heavy (non-hydrogen) atoms. The van der Waals surface area contributed by atoms with E-state index in [2.05, 4.69) is 103 Å². The first kappa shape index (κ1) is 27.0. The Bertz CT molecular complexity index is 2820. The zero-order chi connectivity index (χ0) is 31.6. The van der Waals surface area contributed by atoms with Crippen molar-refractivity contribution in [2.24, 2.45) is 0 Å². The van der Waals surface area contributed by atoms with Crippen LogP contribution in [0, 0.1) is 0 Å². The lowest BCUT2D eigenvalue weighted by Crippen LogP contribution is -1.95. The topological polar surface area (TPSA) is 51.8 Å². The smallest absolute Gasteiger partial charge is 0.163 e. The monoisotopic (exact) mass is 631 g/mol. The standard InChI is InChI=1S/C43H25N3OS/c1-2-10-28(11-3-1)38-31-12-4-7-15-34(31)44-43(46-38)30-24-20-27(21-25-30)26-18-22-29(23-19-26)39-42-37(33-14-6-9-17-36(33)48-42)41-40(45-39)32-13-5-8-16-35(32)47-41/h1-25H. The van der Waals surface area contributed by atoms with Crippen LogP contribution in [0.4, 0.5) is 0 Å². The van der Waals surface area contributed by atoms with E-state index in [9.17, 15) is 0 Å². The van der Waals surface area contributed by atoms with Gasteiger partial charge in [-0.1, -0.05) is 127 Å². The molecule has 6 aromatic carbocycles. The van der Waals surface area contributed by atoms with Crippen molar-refractivity contribution in [3.05, 3.63) is 152 Å². The van der Waals surface area contributed by atoms with E-state index < -0.39 is 0 Å². The van der Waals surface area contributed by atoms with Crippen LogP contribution in [0.5, 0.6) is 0 Å². The summed E-state index contributed by atoms with van der Waals surface area (Å²) < 4.78 is 8.80. The molecule has 0 bridgehead atoms. The molecule has 0 spiro atoms. The second kappa shape index (κ2) is 10.7.